The molecular weight excluding hydrogens is 426 g/mol. The highest BCUT2D eigenvalue weighted by atomic mass is 32.1. The zero-order valence-corrected chi connectivity index (χ0v) is 20.6. The normalized spacial score (nSPS) is 12.2. The van der Waals surface area contributed by atoms with Gasteiger partial charge in [0.05, 0.1) is 27.4 Å². The Bertz CT molecular complexity index is 1330. The van der Waals surface area contributed by atoms with Crippen LogP contribution < -0.4 is 5.43 Å². The van der Waals surface area contributed by atoms with Gasteiger partial charge in [-0.15, -0.1) is 11.3 Å². The third-order valence-electron chi connectivity index (χ3n) is 5.66. The van der Waals surface area contributed by atoms with Gasteiger partial charge in [0.15, 0.2) is 0 Å². The predicted octanol–water partition coefficient (Wildman–Crippen LogP) is 7.11. The molecule has 0 fully saturated rings. The molecule has 4 rings (SSSR count). The molecule has 5 heteroatoms. The summed E-state index contributed by atoms with van der Waals surface area (Å²) in [5.74, 6) is -0.236. The molecule has 0 radical (unpaired) electrons. The van der Waals surface area contributed by atoms with Gasteiger partial charge in [-0.2, -0.15) is 5.10 Å². The van der Waals surface area contributed by atoms with Crippen molar-refractivity contribution in [3.05, 3.63) is 87.6 Å². The molecule has 1 amide bonds. The van der Waals surface area contributed by atoms with Crippen molar-refractivity contribution in [2.24, 2.45) is 5.10 Å². The number of carbonyl (C=O) groups excluding carboxylic acids is 1. The molecule has 0 aliphatic rings. The first kappa shape index (κ1) is 22.9. The molecule has 0 saturated heterocycles. The van der Waals surface area contributed by atoms with E-state index in [1.807, 2.05) is 37.3 Å². The third kappa shape index (κ3) is 5.04. The van der Waals surface area contributed by atoms with Crippen molar-refractivity contribution in [2.45, 2.75) is 46.5 Å². The van der Waals surface area contributed by atoms with Gasteiger partial charge in [-0.05, 0) is 48.6 Å². The number of benzene rings is 2. The molecule has 0 aliphatic carbocycles. The van der Waals surface area contributed by atoms with Crippen molar-refractivity contribution in [1.29, 1.82) is 0 Å². The molecule has 168 valence electrons. The smallest absolute Gasteiger partial charge is 0.267 e. The largest absolute Gasteiger partial charge is 0.272 e. The molecule has 0 atom stereocenters. The fourth-order valence-electron chi connectivity index (χ4n) is 3.73. The van der Waals surface area contributed by atoms with Crippen LogP contribution in [-0.4, -0.2) is 16.6 Å². The van der Waals surface area contributed by atoms with Crippen molar-refractivity contribution >= 4 is 33.9 Å². The Morgan fingerprint density at radius 2 is 1.76 bits per heavy atom. The fourth-order valence-corrected chi connectivity index (χ4v) is 4.66. The molecule has 0 spiro atoms. The van der Waals surface area contributed by atoms with E-state index in [1.54, 1.807) is 11.3 Å². The van der Waals surface area contributed by atoms with Gasteiger partial charge in [0.1, 0.15) is 0 Å². The van der Waals surface area contributed by atoms with E-state index in [4.69, 9.17) is 4.98 Å². The number of hydrogen-bond acceptors (Lipinski definition) is 4. The van der Waals surface area contributed by atoms with Crippen LogP contribution in [0.25, 0.3) is 22.2 Å². The van der Waals surface area contributed by atoms with Crippen LogP contribution in [0.15, 0.2) is 71.8 Å². The van der Waals surface area contributed by atoms with Crippen molar-refractivity contribution in [3.8, 4) is 11.3 Å². The Morgan fingerprint density at radius 1 is 1.03 bits per heavy atom. The van der Waals surface area contributed by atoms with Gasteiger partial charge < -0.3 is 0 Å². The maximum absolute atomic E-state index is 13.2. The predicted molar refractivity (Wildman–Crippen MR) is 139 cm³/mol. The number of hydrazone groups is 1. The highest BCUT2D eigenvalue weighted by Gasteiger charge is 2.16. The van der Waals surface area contributed by atoms with Crippen LogP contribution in [0, 0.1) is 6.92 Å². The second-order valence-electron chi connectivity index (χ2n) is 9.16. The average Bonchev–Trinajstić information content (AvgIpc) is 3.24. The van der Waals surface area contributed by atoms with Gasteiger partial charge in [0.2, 0.25) is 0 Å². The highest BCUT2D eigenvalue weighted by molar-refractivity contribution is 7.14. The molecule has 4 nitrogen and oxygen atoms in total. The number of rotatable bonds is 5. The maximum atomic E-state index is 13.2. The second-order valence-corrected chi connectivity index (χ2v) is 10.5. The van der Waals surface area contributed by atoms with Crippen molar-refractivity contribution < 1.29 is 4.79 Å². The summed E-state index contributed by atoms with van der Waals surface area (Å²) in [7, 11) is 0. The van der Waals surface area contributed by atoms with Crippen LogP contribution in [-0.2, 0) is 5.41 Å². The van der Waals surface area contributed by atoms with Gasteiger partial charge >= 0.3 is 0 Å². The molecule has 0 bridgehead atoms. The number of fused-ring (bicyclic) bond motifs is 1. The number of hydrogen-bond donors (Lipinski definition) is 1. The van der Waals surface area contributed by atoms with Crippen LogP contribution in [0.2, 0.25) is 0 Å². The number of thiophene rings is 1. The molecule has 2 heterocycles. The Kier molecular flexibility index (Phi) is 6.43. The number of amides is 1. The molecule has 2 aromatic carbocycles. The van der Waals surface area contributed by atoms with Crippen molar-refractivity contribution in [1.82, 2.24) is 10.4 Å². The van der Waals surface area contributed by atoms with Gasteiger partial charge in [-0.25, -0.2) is 10.4 Å². The molecule has 33 heavy (non-hydrogen) atoms. The Hall–Kier alpha value is -3.31. The molecule has 0 aliphatic heterocycles. The SMILES string of the molecule is CC/C(=N/NC(=O)c1cc(-c2ccc(C(C)(C)C)cc2)nc2ccccc12)c1ccc(C)s1. The summed E-state index contributed by atoms with van der Waals surface area (Å²) >= 11 is 1.68. The number of carbonyl (C=O) groups is 1. The van der Waals surface area contributed by atoms with Gasteiger partial charge in [-0.3, -0.25) is 4.79 Å². The summed E-state index contributed by atoms with van der Waals surface area (Å²) in [4.78, 5) is 20.4. The second kappa shape index (κ2) is 9.28. The summed E-state index contributed by atoms with van der Waals surface area (Å²) in [6.07, 6.45) is 0.739. The minimum atomic E-state index is -0.236. The van der Waals surface area contributed by atoms with Gasteiger partial charge in [0.25, 0.3) is 5.91 Å². The minimum absolute atomic E-state index is 0.0798. The standard InChI is InChI=1S/C28H29N3OS/c1-6-23(26-16-11-18(2)33-26)30-31-27(32)22-17-25(29-24-10-8-7-9-21(22)24)19-12-14-20(15-13-19)28(3,4)5/h7-17H,6H2,1-5H3,(H,31,32)/b30-23-. The summed E-state index contributed by atoms with van der Waals surface area (Å²) < 4.78 is 0. The number of nitrogens with zero attached hydrogens (tertiary/aromatic N) is 2. The molecular formula is C28H29N3OS. The zero-order chi connectivity index (χ0) is 23.6. The Balaban J connectivity index is 1.71. The van der Waals surface area contributed by atoms with E-state index >= 15 is 0 Å². The summed E-state index contributed by atoms with van der Waals surface area (Å²) in [5.41, 5.74) is 8.10. The van der Waals surface area contributed by atoms with Crippen molar-refractivity contribution in [3.63, 3.8) is 0 Å². The number of para-hydroxylation sites is 1. The quantitative estimate of drug-likeness (QED) is 0.257. The van der Waals surface area contributed by atoms with E-state index in [1.165, 1.54) is 10.4 Å². The average molecular weight is 456 g/mol. The first-order valence-corrected chi connectivity index (χ1v) is 12.0. The molecule has 4 aromatic rings. The maximum Gasteiger partial charge on any atom is 0.272 e. The lowest BCUT2D eigenvalue weighted by Gasteiger charge is -2.19. The van der Waals surface area contributed by atoms with Crippen molar-refractivity contribution in [2.75, 3.05) is 0 Å². The van der Waals surface area contributed by atoms with Crippen LogP contribution >= 0.6 is 11.3 Å². The van der Waals surface area contributed by atoms with E-state index < -0.39 is 0 Å². The molecule has 2 aromatic heterocycles. The first-order chi connectivity index (χ1) is 15.8. The lowest BCUT2D eigenvalue weighted by atomic mass is 9.86. The summed E-state index contributed by atoms with van der Waals surface area (Å²) in [6, 6.07) is 22.1. The Labute approximate surface area is 199 Å². The highest BCUT2D eigenvalue weighted by Crippen LogP contribution is 2.28. The molecule has 1 N–H and O–H groups in total. The number of aryl methyl sites for hydroxylation is 1. The van der Waals surface area contributed by atoms with Crippen LogP contribution in [0.1, 0.15) is 59.8 Å². The number of nitrogens with one attached hydrogen (secondary N) is 1. The van der Waals surface area contributed by atoms with Crippen LogP contribution in [0.4, 0.5) is 0 Å². The first-order valence-electron chi connectivity index (χ1n) is 11.2. The zero-order valence-electron chi connectivity index (χ0n) is 19.8. The van der Waals surface area contributed by atoms with E-state index in [2.05, 4.69) is 74.6 Å². The fraction of sp³-hybridized carbons (Fsp3) is 0.250. The number of pyridine rings is 1. The Morgan fingerprint density at radius 3 is 2.39 bits per heavy atom. The van der Waals surface area contributed by atoms with E-state index in [0.717, 1.165) is 39.2 Å². The number of aromatic nitrogens is 1. The minimum Gasteiger partial charge on any atom is -0.267 e. The monoisotopic (exact) mass is 455 g/mol. The van der Waals surface area contributed by atoms with Gasteiger partial charge in [0, 0.05) is 15.8 Å². The lowest BCUT2D eigenvalue weighted by Crippen LogP contribution is -2.20. The van der Waals surface area contributed by atoms with E-state index in [0.29, 0.717) is 5.56 Å². The molecule has 0 unspecified atom stereocenters. The van der Waals surface area contributed by atoms with Crippen LogP contribution in [0.3, 0.4) is 0 Å². The van der Waals surface area contributed by atoms with Gasteiger partial charge in [-0.1, -0.05) is 70.2 Å². The van der Waals surface area contributed by atoms with Crippen LogP contribution in [0.5, 0.6) is 0 Å². The van der Waals surface area contributed by atoms with E-state index in [9.17, 15) is 4.79 Å². The third-order valence-corrected chi connectivity index (χ3v) is 6.71. The molecule has 0 saturated carbocycles. The van der Waals surface area contributed by atoms with E-state index in [-0.39, 0.29) is 11.3 Å². The summed E-state index contributed by atoms with van der Waals surface area (Å²) in [6.45, 7) is 10.7. The topological polar surface area (TPSA) is 54.4 Å². The summed E-state index contributed by atoms with van der Waals surface area (Å²) in [5, 5.41) is 5.27. The lowest BCUT2D eigenvalue weighted by molar-refractivity contribution is 0.0956.